The van der Waals surface area contributed by atoms with E-state index in [1.165, 1.54) is 4.90 Å². The summed E-state index contributed by atoms with van der Waals surface area (Å²) in [4.78, 5) is 38.8. The van der Waals surface area contributed by atoms with Crippen molar-refractivity contribution in [3.63, 3.8) is 0 Å². The van der Waals surface area contributed by atoms with Gasteiger partial charge >= 0.3 is 0 Å². The van der Waals surface area contributed by atoms with Crippen LogP contribution in [0.25, 0.3) is 5.57 Å². The molecule has 3 aromatic rings. The van der Waals surface area contributed by atoms with E-state index in [-0.39, 0.29) is 18.4 Å². The van der Waals surface area contributed by atoms with E-state index in [2.05, 4.69) is 16.0 Å². The number of pyridine rings is 2. The van der Waals surface area contributed by atoms with Crippen molar-refractivity contribution in [3.8, 4) is 0 Å². The maximum atomic E-state index is 13.7. The molecule has 0 fully saturated rings. The average molecular weight is 441 g/mol. The van der Waals surface area contributed by atoms with E-state index in [4.69, 9.17) is 0 Å². The molecule has 0 N–H and O–H groups in total. The second-order valence-electron chi connectivity index (χ2n) is 8.28. The standard InChI is InChI=1S/C27H28N4O2/c1-4-30(16-11-21-7-12-28-13-8-21)25-24(23-6-5-19(2)17-20(23)3)26(32)31(27(25)33)18-22-9-14-29-15-10-22/h5-10,12-15,17H,4,11,16,18H2,1-3H3. The van der Waals surface area contributed by atoms with Crippen LogP contribution >= 0.6 is 0 Å². The summed E-state index contributed by atoms with van der Waals surface area (Å²) in [7, 11) is 0. The van der Waals surface area contributed by atoms with Crippen LogP contribution in [0.3, 0.4) is 0 Å². The first kappa shape index (κ1) is 22.4. The molecule has 168 valence electrons. The molecule has 0 bridgehead atoms. The topological polar surface area (TPSA) is 66.4 Å². The molecule has 0 radical (unpaired) electrons. The molecule has 0 atom stereocenters. The van der Waals surface area contributed by atoms with Crippen LogP contribution in [-0.2, 0) is 22.6 Å². The molecule has 0 saturated carbocycles. The lowest BCUT2D eigenvalue weighted by Crippen LogP contribution is -2.35. The van der Waals surface area contributed by atoms with Gasteiger partial charge in [-0.1, -0.05) is 23.8 Å². The summed E-state index contributed by atoms with van der Waals surface area (Å²) in [6.07, 6.45) is 7.64. The molecule has 33 heavy (non-hydrogen) atoms. The van der Waals surface area contributed by atoms with Gasteiger partial charge in [0.1, 0.15) is 5.70 Å². The summed E-state index contributed by atoms with van der Waals surface area (Å²) in [5, 5.41) is 0. The fourth-order valence-corrected chi connectivity index (χ4v) is 4.25. The van der Waals surface area contributed by atoms with Crippen molar-refractivity contribution in [2.24, 2.45) is 0 Å². The van der Waals surface area contributed by atoms with Gasteiger partial charge in [0, 0.05) is 37.9 Å². The number of amides is 2. The first-order valence-corrected chi connectivity index (χ1v) is 11.2. The fourth-order valence-electron chi connectivity index (χ4n) is 4.25. The molecule has 1 aliphatic rings. The number of imide groups is 1. The Hall–Kier alpha value is -3.80. The lowest BCUT2D eigenvalue weighted by molar-refractivity contribution is -0.138. The zero-order valence-electron chi connectivity index (χ0n) is 19.3. The quantitative estimate of drug-likeness (QED) is 0.497. The monoisotopic (exact) mass is 440 g/mol. The second-order valence-corrected chi connectivity index (χ2v) is 8.28. The Bertz CT molecular complexity index is 1190. The predicted octanol–water partition coefficient (Wildman–Crippen LogP) is 3.94. The van der Waals surface area contributed by atoms with Crippen molar-refractivity contribution >= 4 is 17.4 Å². The molecule has 1 aliphatic heterocycles. The molecule has 0 aliphatic carbocycles. The van der Waals surface area contributed by atoms with E-state index in [0.717, 1.165) is 34.2 Å². The molecular weight excluding hydrogens is 412 g/mol. The minimum Gasteiger partial charge on any atom is -0.366 e. The van der Waals surface area contributed by atoms with Crippen LogP contribution in [0, 0.1) is 13.8 Å². The molecular formula is C27H28N4O2. The van der Waals surface area contributed by atoms with Crippen LogP contribution in [0.4, 0.5) is 0 Å². The van der Waals surface area contributed by atoms with Crippen LogP contribution in [0.1, 0.15) is 34.7 Å². The Balaban J connectivity index is 1.73. The Kier molecular flexibility index (Phi) is 6.63. The van der Waals surface area contributed by atoms with E-state index in [9.17, 15) is 9.59 Å². The third kappa shape index (κ3) is 4.70. The number of aromatic nitrogens is 2. The Morgan fingerprint density at radius 3 is 2.09 bits per heavy atom. The summed E-state index contributed by atoms with van der Waals surface area (Å²) in [6.45, 7) is 7.51. The van der Waals surface area contributed by atoms with Crippen molar-refractivity contribution < 1.29 is 9.59 Å². The molecule has 0 saturated heterocycles. The number of carbonyl (C=O) groups is 2. The van der Waals surface area contributed by atoms with E-state index in [1.54, 1.807) is 24.8 Å². The van der Waals surface area contributed by atoms with Crippen LogP contribution in [-0.4, -0.2) is 44.7 Å². The molecule has 0 unspecified atom stereocenters. The number of hydrogen-bond acceptors (Lipinski definition) is 5. The molecule has 2 amide bonds. The summed E-state index contributed by atoms with van der Waals surface area (Å²) in [5.41, 5.74) is 5.90. The molecule has 4 rings (SSSR count). The number of likely N-dealkylation sites (N-methyl/N-ethyl adjacent to an activating group) is 1. The number of benzene rings is 1. The predicted molar refractivity (Wildman–Crippen MR) is 128 cm³/mol. The van der Waals surface area contributed by atoms with E-state index >= 15 is 0 Å². The van der Waals surface area contributed by atoms with Gasteiger partial charge in [-0.3, -0.25) is 24.5 Å². The Morgan fingerprint density at radius 1 is 0.848 bits per heavy atom. The van der Waals surface area contributed by atoms with Gasteiger partial charge in [0.15, 0.2) is 0 Å². The normalized spacial score (nSPS) is 13.7. The van der Waals surface area contributed by atoms with Gasteiger partial charge in [-0.15, -0.1) is 0 Å². The maximum Gasteiger partial charge on any atom is 0.278 e. The number of rotatable bonds is 8. The van der Waals surface area contributed by atoms with Crippen LogP contribution in [0.2, 0.25) is 0 Å². The smallest absolute Gasteiger partial charge is 0.278 e. The van der Waals surface area contributed by atoms with E-state index < -0.39 is 0 Å². The maximum absolute atomic E-state index is 13.7. The lowest BCUT2D eigenvalue weighted by Gasteiger charge is -2.25. The van der Waals surface area contributed by atoms with Gasteiger partial charge in [-0.05, 0) is 73.7 Å². The minimum absolute atomic E-state index is 0.222. The van der Waals surface area contributed by atoms with Gasteiger partial charge in [0.05, 0.1) is 12.1 Å². The van der Waals surface area contributed by atoms with Crippen molar-refractivity contribution in [1.82, 2.24) is 19.8 Å². The highest BCUT2D eigenvalue weighted by atomic mass is 16.2. The summed E-state index contributed by atoms with van der Waals surface area (Å²) >= 11 is 0. The van der Waals surface area contributed by atoms with E-state index in [1.807, 2.05) is 62.1 Å². The van der Waals surface area contributed by atoms with Crippen molar-refractivity contribution in [3.05, 3.63) is 101 Å². The van der Waals surface area contributed by atoms with E-state index in [0.29, 0.717) is 24.4 Å². The van der Waals surface area contributed by atoms with Crippen LogP contribution in [0.5, 0.6) is 0 Å². The van der Waals surface area contributed by atoms with Crippen LogP contribution in [0.15, 0.2) is 72.9 Å². The molecule has 0 spiro atoms. The third-order valence-corrected chi connectivity index (χ3v) is 6.00. The molecule has 6 heteroatoms. The molecule has 3 heterocycles. The average Bonchev–Trinajstić information content (AvgIpc) is 3.06. The summed E-state index contributed by atoms with van der Waals surface area (Å²) < 4.78 is 0. The highest BCUT2D eigenvalue weighted by Gasteiger charge is 2.41. The van der Waals surface area contributed by atoms with Crippen molar-refractivity contribution in [1.29, 1.82) is 0 Å². The van der Waals surface area contributed by atoms with Crippen LogP contribution < -0.4 is 0 Å². The fraction of sp³-hybridized carbons (Fsp3) is 0.259. The molecule has 6 nitrogen and oxygen atoms in total. The lowest BCUT2D eigenvalue weighted by atomic mass is 9.97. The Labute approximate surface area is 194 Å². The number of hydrogen-bond donors (Lipinski definition) is 0. The number of aryl methyl sites for hydroxylation is 2. The van der Waals surface area contributed by atoms with Gasteiger partial charge in [0.25, 0.3) is 11.8 Å². The first-order valence-electron chi connectivity index (χ1n) is 11.2. The largest absolute Gasteiger partial charge is 0.366 e. The summed E-state index contributed by atoms with van der Waals surface area (Å²) in [5.74, 6) is -0.496. The van der Waals surface area contributed by atoms with Crippen molar-refractivity contribution in [2.45, 2.75) is 33.7 Å². The zero-order chi connectivity index (χ0) is 23.4. The molecule has 2 aromatic heterocycles. The molecule has 1 aromatic carbocycles. The highest BCUT2D eigenvalue weighted by Crippen LogP contribution is 2.34. The number of nitrogens with zero attached hydrogens (tertiary/aromatic N) is 4. The first-order chi connectivity index (χ1) is 16.0. The number of carbonyl (C=O) groups excluding carboxylic acids is 2. The van der Waals surface area contributed by atoms with Gasteiger partial charge in [0.2, 0.25) is 0 Å². The Morgan fingerprint density at radius 2 is 1.48 bits per heavy atom. The van der Waals surface area contributed by atoms with Crippen molar-refractivity contribution in [2.75, 3.05) is 13.1 Å². The SMILES string of the molecule is CCN(CCc1ccncc1)C1=C(c2ccc(C)cc2C)C(=O)N(Cc2ccncc2)C1=O. The highest BCUT2D eigenvalue weighted by molar-refractivity contribution is 6.35. The summed E-state index contributed by atoms with van der Waals surface area (Å²) in [6, 6.07) is 13.6. The van der Waals surface area contributed by atoms with Gasteiger partial charge < -0.3 is 4.90 Å². The van der Waals surface area contributed by atoms with Gasteiger partial charge in [-0.25, -0.2) is 0 Å². The minimum atomic E-state index is -0.249. The van der Waals surface area contributed by atoms with Gasteiger partial charge in [-0.2, -0.15) is 0 Å². The second kappa shape index (κ2) is 9.77. The third-order valence-electron chi connectivity index (χ3n) is 6.00. The zero-order valence-corrected chi connectivity index (χ0v) is 19.3.